The molecule has 1 aromatic carbocycles. The quantitative estimate of drug-likeness (QED) is 0.209. The minimum absolute atomic E-state index is 0.0312. The number of ether oxygens (including phenoxy) is 2. The molecule has 0 aliphatic carbocycles. The Labute approximate surface area is 290 Å². The number of hydrogen-bond acceptors (Lipinski definition) is 11. The number of amides is 1. The maximum absolute atomic E-state index is 13.1. The van der Waals surface area contributed by atoms with Crippen molar-refractivity contribution in [2.45, 2.75) is 44.8 Å². The number of morpholine rings is 1. The van der Waals surface area contributed by atoms with Crippen LogP contribution in [0, 0.1) is 0 Å². The van der Waals surface area contributed by atoms with Gasteiger partial charge in [0.25, 0.3) is 18.5 Å². The zero-order chi connectivity index (χ0) is 36.1. The van der Waals surface area contributed by atoms with Crippen LogP contribution in [0.3, 0.4) is 0 Å². The summed E-state index contributed by atoms with van der Waals surface area (Å²) in [5, 5.41) is 10.3. The Kier molecular flexibility index (Phi) is 10.5. The maximum Gasteiger partial charge on any atom is 0.297 e. The fourth-order valence-electron chi connectivity index (χ4n) is 6.45. The molecule has 1 unspecified atom stereocenters. The lowest BCUT2D eigenvalue weighted by atomic mass is 9.90. The fourth-order valence-corrected chi connectivity index (χ4v) is 6.45. The highest BCUT2D eigenvalue weighted by molar-refractivity contribution is 6.05. The summed E-state index contributed by atoms with van der Waals surface area (Å²) in [6.45, 7) is 7.17. The molecule has 268 valence electrons. The molecule has 1 atom stereocenters. The smallest absolute Gasteiger partial charge is 0.297 e. The molecule has 14 nitrogen and oxygen atoms in total. The Morgan fingerprint density at radius 2 is 1.86 bits per heavy atom. The number of halogens is 2. The summed E-state index contributed by atoms with van der Waals surface area (Å²) in [4.78, 5) is 51.3. The highest BCUT2D eigenvalue weighted by Crippen LogP contribution is 2.36. The number of carbonyl (C=O) groups excluding carboxylic acids is 1. The normalized spacial score (nSPS) is 17.8. The van der Waals surface area contributed by atoms with Crippen molar-refractivity contribution < 1.29 is 37.4 Å². The Balaban J connectivity index is 0.000000167. The fraction of sp³-hybridized carbons (Fsp3) is 0.371. The number of alkyl halides is 2. The molecule has 51 heavy (non-hydrogen) atoms. The van der Waals surface area contributed by atoms with Crippen LogP contribution < -0.4 is 20.7 Å². The molecule has 3 aliphatic heterocycles. The molecular weight excluding hydrogens is 668 g/mol. The van der Waals surface area contributed by atoms with E-state index >= 15 is 0 Å². The van der Waals surface area contributed by atoms with Gasteiger partial charge in [0, 0.05) is 49.9 Å². The number of carbonyl (C=O) groups is 2. The largest absolute Gasteiger partial charge is 0.483 e. The van der Waals surface area contributed by atoms with Gasteiger partial charge in [-0.3, -0.25) is 14.4 Å². The number of nitrogens with one attached hydrogen (secondary N) is 2. The number of aromatic amines is 1. The van der Waals surface area contributed by atoms with Crippen molar-refractivity contribution >= 4 is 51.8 Å². The topological polar surface area (TPSA) is 176 Å². The van der Waals surface area contributed by atoms with Crippen LogP contribution in [0.5, 0.6) is 0 Å². The van der Waals surface area contributed by atoms with Gasteiger partial charge in [0.15, 0.2) is 17.2 Å². The van der Waals surface area contributed by atoms with Crippen molar-refractivity contribution in [3.63, 3.8) is 0 Å². The molecule has 3 saturated heterocycles. The van der Waals surface area contributed by atoms with Gasteiger partial charge in [0.2, 0.25) is 5.91 Å². The zero-order valence-corrected chi connectivity index (χ0v) is 28.0. The Morgan fingerprint density at radius 3 is 2.55 bits per heavy atom. The predicted octanol–water partition coefficient (Wildman–Crippen LogP) is 5.00. The number of fused-ring (bicyclic) bond motifs is 3. The van der Waals surface area contributed by atoms with E-state index in [-0.39, 0.29) is 29.6 Å². The SMILES string of the molecule is CC(=O)Nc1cc(-c2c[nH]c(=O)c(N3CCOC4(COC4)C3C)c2)ccn1.FC(F)c1nc(N2CCCC2)c2oc3ccccc3c2n1.O=CO. The molecule has 5 aromatic rings. The van der Waals surface area contributed by atoms with Crippen LogP contribution >= 0.6 is 0 Å². The summed E-state index contributed by atoms with van der Waals surface area (Å²) in [6, 6.07) is 12.9. The first-order chi connectivity index (χ1) is 24.6. The summed E-state index contributed by atoms with van der Waals surface area (Å²) in [5.41, 5.74) is 3.45. The number of rotatable bonds is 5. The predicted molar refractivity (Wildman–Crippen MR) is 185 cm³/mol. The van der Waals surface area contributed by atoms with E-state index in [4.69, 9.17) is 23.8 Å². The van der Waals surface area contributed by atoms with E-state index in [0.29, 0.717) is 60.4 Å². The Bertz CT molecular complexity index is 2080. The Hall–Kier alpha value is -5.48. The van der Waals surface area contributed by atoms with Gasteiger partial charge in [-0.05, 0) is 55.7 Å². The molecule has 3 aliphatic rings. The third kappa shape index (κ3) is 7.37. The minimum atomic E-state index is -2.69. The maximum atomic E-state index is 13.1. The first kappa shape index (κ1) is 35.3. The van der Waals surface area contributed by atoms with Crippen LogP contribution in [-0.4, -0.2) is 88.5 Å². The number of carboxylic acid groups (broad SMARTS) is 1. The third-order valence-electron chi connectivity index (χ3n) is 9.05. The number of nitrogens with zero attached hydrogens (tertiary/aromatic N) is 5. The molecule has 0 radical (unpaired) electrons. The molecule has 1 spiro atoms. The number of aromatic nitrogens is 4. The van der Waals surface area contributed by atoms with E-state index in [1.807, 2.05) is 41.3 Å². The second kappa shape index (κ2) is 15.2. The van der Waals surface area contributed by atoms with Gasteiger partial charge in [-0.1, -0.05) is 12.1 Å². The average molecular weight is 706 g/mol. The van der Waals surface area contributed by atoms with E-state index < -0.39 is 12.2 Å². The van der Waals surface area contributed by atoms with Crippen molar-refractivity contribution in [3.8, 4) is 11.1 Å². The van der Waals surface area contributed by atoms with Gasteiger partial charge in [-0.25, -0.2) is 23.7 Å². The van der Waals surface area contributed by atoms with Crippen LogP contribution in [0.1, 0.15) is 38.9 Å². The summed E-state index contributed by atoms with van der Waals surface area (Å²) >= 11 is 0. The van der Waals surface area contributed by atoms with E-state index in [0.717, 1.165) is 42.4 Å². The highest BCUT2D eigenvalue weighted by Gasteiger charge is 2.50. The average Bonchev–Trinajstić information content (AvgIpc) is 3.77. The van der Waals surface area contributed by atoms with Crippen LogP contribution in [0.15, 0.2) is 64.1 Å². The van der Waals surface area contributed by atoms with Crippen molar-refractivity contribution in [1.82, 2.24) is 19.9 Å². The summed E-state index contributed by atoms with van der Waals surface area (Å²) in [7, 11) is 0. The molecule has 3 N–H and O–H groups in total. The van der Waals surface area contributed by atoms with E-state index in [1.54, 1.807) is 18.5 Å². The van der Waals surface area contributed by atoms with E-state index in [9.17, 15) is 18.4 Å². The van der Waals surface area contributed by atoms with Crippen LogP contribution in [0.4, 0.5) is 26.1 Å². The minimum Gasteiger partial charge on any atom is -0.483 e. The molecule has 0 bridgehead atoms. The summed E-state index contributed by atoms with van der Waals surface area (Å²) in [5.74, 6) is 0.343. The van der Waals surface area contributed by atoms with Crippen molar-refractivity contribution in [3.05, 3.63) is 71.0 Å². The van der Waals surface area contributed by atoms with Crippen LogP contribution in [-0.2, 0) is 19.1 Å². The lowest BCUT2D eigenvalue weighted by molar-refractivity contribution is -0.228. The van der Waals surface area contributed by atoms with Gasteiger partial charge in [-0.2, -0.15) is 0 Å². The van der Waals surface area contributed by atoms with Crippen molar-refractivity contribution in [2.24, 2.45) is 0 Å². The van der Waals surface area contributed by atoms with E-state index in [1.165, 1.54) is 6.92 Å². The lowest BCUT2D eigenvalue weighted by Crippen LogP contribution is -2.68. The second-order valence-electron chi connectivity index (χ2n) is 12.3. The molecule has 7 heterocycles. The lowest BCUT2D eigenvalue weighted by Gasteiger charge is -2.53. The van der Waals surface area contributed by atoms with Gasteiger partial charge >= 0.3 is 0 Å². The number of para-hydroxylation sites is 1. The first-order valence-electron chi connectivity index (χ1n) is 16.4. The molecule has 1 amide bonds. The number of pyridine rings is 2. The van der Waals surface area contributed by atoms with Gasteiger partial charge < -0.3 is 39.1 Å². The number of furan rings is 1. The van der Waals surface area contributed by atoms with Gasteiger partial charge in [0.1, 0.15) is 28.2 Å². The number of anilines is 3. The van der Waals surface area contributed by atoms with Crippen molar-refractivity contribution in [2.75, 3.05) is 54.6 Å². The van der Waals surface area contributed by atoms with Gasteiger partial charge in [-0.15, -0.1) is 0 Å². The molecule has 8 rings (SSSR count). The Morgan fingerprint density at radius 1 is 1.12 bits per heavy atom. The molecule has 16 heteroatoms. The second-order valence-corrected chi connectivity index (χ2v) is 12.3. The molecular formula is C35H37F2N7O7. The van der Waals surface area contributed by atoms with Crippen LogP contribution in [0.25, 0.3) is 33.2 Å². The monoisotopic (exact) mass is 705 g/mol. The first-order valence-corrected chi connectivity index (χ1v) is 16.4. The zero-order valence-electron chi connectivity index (χ0n) is 28.0. The number of benzene rings is 1. The number of hydrogen-bond donors (Lipinski definition) is 3. The molecule has 4 aromatic heterocycles. The highest BCUT2D eigenvalue weighted by atomic mass is 19.3. The number of H-pyrrole nitrogens is 1. The summed E-state index contributed by atoms with van der Waals surface area (Å²) in [6.07, 6.45) is 2.69. The molecule has 0 saturated carbocycles. The van der Waals surface area contributed by atoms with Crippen LogP contribution in [0.2, 0.25) is 0 Å². The van der Waals surface area contributed by atoms with Crippen molar-refractivity contribution in [1.29, 1.82) is 0 Å². The summed E-state index contributed by atoms with van der Waals surface area (Å²) < 4.78 is 43.3. The van der Waals surface area contributed by atoms with E-state index in [2.05, 4.69) is 37.1 Å². The third-order valence-corrected chi connectivity index (χ3v) is 9.05. The molecule has 3 fully saturated rings. The standard InChI is InChI=1S/C19H22N4O4.C15H13F2N3O.CH2O2/c1-12-19(10-26-11-19)27-6-5-23(12)16-7-15(9-21-18(16)25)14-3-4-20-17(8-14)22-13(2)24;16-13(17)14-18-11-9-5-1-2-6-10(9)21-12(11)15(19-14)20-7-3-4-8-20;2-1-3/h3-4,7-9,12H,5-6,10-11H2,1-2H3,(H,21,25)(H,20,22,24);1-2,5-6,13H,3-4,7-8H2;1H,(H,2,3). The van der Waals surface area contributed by atoms with Gasteiger partial charge in [0.05, 0.1) is 25.9 Å².